The van der Waals surface area contributed by atoms with Gasteiger partial charge in [-0.3, -0.25) is 0 Å². The maximum absolute atomic E-state index is 4.80. The molecule has 0 atom stereocenters. The van der Waals surface area contributed by atoms with Gasteiger partial charge in [-0.25, -0.2) is 4.98 Å². The molecule has 1 aliphatic rings. The summed E-state index contributed by atoms with van der Waals surface area (Å²) < 4.78 is 1.33. The van der Waals surface area contributed by atoms with Crippen LogP contribution in [0.25, 0.3) is 10.2 Å². The van der Waals surface area contributed by atoms with E-state index in [0.29, 0.717) is 5.41 Å². The van der Waals surface area contributed by atoms with E-state index in [1.807, 2.05) is 11.3 Å². The summed E-state index contributed by atoms with van der Waals surface area (Å²) in [7, 11) is 0. The molecule has 3 heteroatoms. The molecule has 1 heterocycles. The molecular formula is C16H22N2S. The van der Waals surface area contributed by atoms with Gasteiger partial charge in [0.05, 0.1) is 15.2 Å². The van der Waals surface area contributed by atoms with Gasteiger partial charge < -0.3 is 5.32 Å². The average molecular weight is 274 g/mol. The van der Waals surface area contributed by atoms with Crippen molar-refractivity contribution >= 4 is 21.6 Å². The Balaban J connectivity index is 1.71. The zero-order valence-corrected chi connectivity index (χ0v) is 12.4. The lowest BCUT2D eigenvalue weighted by Gasteiger charge is -2.41. The van der Waals surface area contributed by atoms with Gasteiger partial charge in [0.25, 0.3) is 0 Å². The van der Waals surface area contributed by atoms with Gasteiger partial charge in [-0.1, -0.05) is 25.5 Å². The van der Waals surface area contributed by atoms with Gasteiger partial charge >= 0.3 is 0 Å². The molecule has 2 aromatic rings. The SMILES string of the molecule is CCCNCC1(Cc2nc3ccccc3s2)CCC1. The van der Waals surface area contributed by atoms with Crippen LogP contribution < -0.4 is 5.32 Å². The Kier molecular flexibility index (Phi) is 3.85. The number of nitrogens with one attached hydrogen (secondary N) is 1. The molecule has 3 rings (SSSR count). The Morgan fingerprint density at radius 3 is 2.84 bits per heavy atom. The molecule has 1 aromatic heterocycles. The minimum Gasteiger partial charge on any atom is -0.316 e. The number of fused-ring (bicyclic) bond motifs is 1. The number of hydrogen-bond acceptors (Lipinski definition) is 3. The van der Waals surface area contributed by atoms with E-state index in [9.17, 15) is 0 Å². The average Bonchev–Trinajstić information content (AvgIpc) is 2.78. The first-order valence-corrected chi connectivity index (χ1v) is 8.18. The summed E-state index contributed by atoms with van der Waals surface area (Å²) in [5.74, 6) is 0. The van der Waals surface area contributed by atoms with Crippen LogP contribution in [0, 0.1) is 5.41 Å². The fourth-order valence-corrected chi connectivity index (χ4v) is 4.08. The van der Waals surface area contributed by atoms with Crippen LogP contribution in [0.3, 0.4) is 0 Å². The summed E-state index contributed by atoms with van der Waals surface area (Å²) in [5.41, 5.74) is 1.65. The lowest BCUT2D eigenvalue weighted by molar-refractivity contribution is 0.130. The van der Waals surface area contributed by atoms with E-state index >= 15 is 0 Å². The fraction of sp³-hybridized carbons (Fsp3) is 0.562. The molecule has 19 heavy (non-hydrogen) atoms. The molecular weight excluding hydrogens is 252 g/mol. The summed E-state index contributed by atoms with van der Waals surface area (Å²) in [6, 6.07) is 8.48. The Morgan fingerprint density at radius 1 is 1.32 bits per heavy atom. The van der Waals surface area contributed by atoms with Crippen molar-refractivity contribution in [1.29, 1.82) is 0 Å². The monoisotopic (exact) mass is 274 g/mol. The number of hydrogen-bond donors (Lipinski definition) is 1. The van der Waals surface area contributed by atoms with Gasteiger partial charge in [0, 0.05) is 13.0 Å². The van der Waals surface area contributed by atoms with Gasteiger partial charge in [0.15, 0.2) is 0 Å². The first kappa shape index (κ1) is 13.1. The second-order valence-corrected chi connectivity index (χ2v) is 6.90. The minimum atomic E-state index is 0.489. The standard InChI is InChI=1S/C16H22N2S/c1-2-10-17-12-16(8-5-9-16)11-15-18-13-6-3-4-7-14(13)19-15/h3-4,6-7,17H,2,5,8-12H2,1H3. The first-order chi connectivity index (χ1) is 9.31. The van der Waals surface area contributed by atoms with Crippen molar-refractivity contribution in [1.82, 2.24) is 10.3 Å². The van der Waals surface area contributed by atoms with E-state index < -0.39 is 0 Å². The number of thiazole rings is 1. The lowest BCUT2D eigenvalue weighted by Crippen LogP contribution is -2.41. The molecule has 0 unspecified atom stereocenters. The summed E-state index contributed by atoms with van der Waals surface area (Å²) in [5, 5.41) is 4.93. The third-order valence-corrected chi connectivity index (χ3v) is 5.24. The third kappa shape index (κ3) is 2.82. The van der Waals surface area contributed by atoms with Crippen molar-refractivity contribution in [2.75, 3.05) is 13.1 Å². The highest BCUT2D eigenvalue weighted by Crippen LogP contribution is 2.44. The highest BCUT2D eigenvalue weighted by molar-refractivity contribution is 7.18. The molecule has 1 N–H and O–H groups in total. The van der Waals surface area contributed by atoms with E-state index in [0.717, 1.165) is 19.5 Å². The molecule has 1 aliphatic carbocycles. The molecule has 102 valence electrons. The van der Waals surface area contributed by atoms with E-state index in [2.05, 4.69) is 36.5 Å². The molecule has 0 spiro atoms. The van der Waals surface area contributed by atoms with Crippen LogP contribution in [0.5, 0.6) is 0 Å². The topological polar surface area (TPSA) is 24.9 Å². The Labute approximate surface area is 119 Å². The summed E-state index contributed by atoms with van der Waals surface area (Å²) in [6.45, 7) is 4.53. The molecule has 0 aliphatic heterocycles. The zero-order valence-electron chi connectivity index (χ0n) is 11.6. The first-order valence-electron chi connectivity index (χ1n) is 7.36. The molecule has 0 radical (unpaired) electrons. The number of nitrogens with zero attached hydrogens (tertiary/aromatic N) is 1. The quantitative estimate of drug-likeness (QED) is 0.805. The third-order valence-electron chi connectivity index (χ3n) is 4.21. The molecule has 0 saturated heterocycles. The summed E-state index contributed by atoms with van der Waals surface area (Å²) in [6.07, 6.45) is 6.48. The van der Waals surface area contributed by atoms with Gasteiger partial charge in [0.1, 0.15) is 0 Å². The largest absolute Gasteiger partial charge is 0.316 e. The highest BCUT2D eigenvalue weighted by atomic mass is 32.1. The van der Waals surface area contributed by atoms with Crippen molar-refractivity contribution < 1.29 is 0 Å². The predicted octanol–water partition coefficient (Wildman–Crippen LogP) is 4.01. The summed E-state index contributed by atoms with van der Waals surface area (Å²) in [4.78, 5) is 4.80. The number of para-hydroxylation sites is 1. The maximum atomic E-state index is 4.80. The maximum Gasteiger partial charge on any atom is 0.0944 e. The van der Waals surface area contributed by atoms with Gasteiger partial charge in [0.2, 0.25) is 0 Å². The number of rotatable bonds is 6. The van der Waals surface area contributed by atoms with Crippen LogP contribution in [0.15, 0.2) is 24.3 Å². The molecule has 1 aromatic carbocycles. The second-order valence-electron chi connectivity index (χ2n) is 5.78. The predicted molar refractivity (Wildman–Crippen MR) is 82.8 cm³/mol. The Hall–Kier alpha value is -0.930. The van der Waals surface area contributed by atoms with Crippen LogP contribution in [-0.2, 0) is 6.42 Å². The minimum absolute atomic E-state index is 0.489. The number of aromatic nitrogens is 1. The van der Waals surface area contributed by atoms with Crippen LogP contribution >= 0.6 is 11.3 Å². The van der Waals surface area contributed by atoms with Crippen molar-refractivity contribution in [3.63, 3.8) is 0 Å². The van der Waals surface area contributed by atoms with Crippen LogP contribution in [0.4, 0.5) is 0 Å². The van der Waals surface area contributed by atoms with E-state index in [1.165, 1.54) is 40.9 Å². The smallest absolute Gasteiger partial charge is 0.0944 e. The van der Waals surface area contributed by atoms with Crippen molar-refractivity contribution in [3.05, 3.63) is 29.3 Å². The van der Waals surface area contributed by atoms with E-state index in [4.69, 9.17) is 4.98 Å². The van der Waals surface area contributed by atoms with Gasteiger partial charge in [-0.05, 0) is 43.4 Å². The van der Waals surface area contributed by atoms with Crippen molar-refractivity contribution in [3.8, 4) is 0 Å². The van der Waals surface area contributed by atoms with Gasteiger partial charge in [-0.2, -0.15) is 0 Å². The molecule has 0 bridgehead atoms. The van der Waals surface area contributed by atoms with Crippen molar-refractivity contribution in [2.24, 2.45) is 5.41 Å². The summed E-state index contributed by atoms with van der Waals surface area (Å²) >= 11 is 1.87. The number of benzene rings is 1. The van der Waals surface area contributed by atoms with Crippen LogP contribution in [0.1, 0.15) is 37.6 Å². The molecule has 0 amide bonds. The van der Waals surface area contributed by atoms with Gasteiger partial charge in [-0.15, -0.1) is 11.3 Å². The van der Waals surface area contributed by atoms with Crippen LogP contribution in [-0.4, -0.2) is 18.1 Å². The zero-order chi connectivity index (χ0) is 13.1. The Bertz CT molecular complexity index is 509. The lowest BCUT2D eigenvalue weighted by atomic mass is 9.66. The molecule has 1 saturated carbocycles. The molecule has 1 fully saturated rings. The van der Waals surface area contributed by atoms with Crippen molar-refractivity contribution in [2.45, 2.75) is 39.0 Å². The van der Waals surface area contributed by atoms with Crippen LogP contribution in [0.2, 0.25) is 0 Å². The Morgan fingerprint density at radius 2 is 2.16 bits per heavy atom. The second kappa shape index (κ2) is 5.59. The van der Waals surface area contributed by atoms with E-state index in [1.54, 1.807) is 0 Å². The molecule has 2 nitrogen and oxygen atoms in total. The normalized spacial score (nSPS) is 17.5. The fourth-order valence-electron chi connectivity index (χ4n) is 2.94. The van der Waals surface area contributed by atoms with E-state index in [-0.39, 0.29) is 0 Å². The highest BCUT2D eigenvalue weighted by Gasteiger charge is 2.37.